The normalized spacial score (nSPS) is 11.3. The summed E-state index contributed by atoms with van der Waals surface area (Å²) >= 11 is 0. The van der Waals surface area contributed by atoms with Crippen LogP contribution in [0.2, 0.25) is 0 Å². The monoisotopic (exact) mass is 133 g/mol. The molecule has 6 heavy (non-hydrogen) atoms. The Kier molecular flexibility index (Phi) is 14.4. The Balaban J connectivity index is 0. The van der Waals surface area contributed by atoms with Crippen LogP contribution in [0.25, 0.3) is 0 Å². The lowest BCUT2D eigenvalue weighted by Gasteiger charge is -1.80. The summed E-state index contributed by atoms with van der Waals surface area (Å²) in [4.78, 5) is 0. The van der Waals surface area contributed by atoms with Crippen LogP contribution < -0.4 is 0 Å². The Morgan fingerprint density at radius 1 is 1.67 bits per heavy atom. The van der Waals surface area contributed by atoms with Crippen LogP contribution in [0.4, 0.5) is 0 Å². The molecule has 1 unspecified atom stereocenters. The lowest BCUT2D eigenvalue weighted by molar-refractivity contribution is -0.176. The van der Waals surface area contributed by atoms with E-state index < -0.39 is 10.3 Å². The SMILES string of the molecule is O=S([O-])Cl.OO. The molecule has 0 aliphatic rings. The van der Waals surface area contributed by atoms with Crippen LogP contribution in [0.5, 0.6) is 0 Å². The molecule has 0 spiro atoms. The quantitative estimate of drug-likeness (QED) is 0.212. The average Bonchev–Trinajstić information content (AvgIpc) is 1.41. The van der Waals surface area contributed by atoms with Crippen molar-refractivity contribution in [2.45, 2.75) is 0 Å². The Morgan fingerprint density at radius 3 is 1.67 bits per heavy atom. The number of hydrogen-bond donors (Lipinski definition) is 2. The molecule has 0 aromatic rings. The van der Waals surface area contributed by atoms with E-state index >= 15 is 0 Å². The maximum atomic E-state index is 8.77. The molecule has 0 rings (SSSR count). The molecule has 0 radical (unpaired) electrons. The molecule has 0 bridgehead atoms. The minimum atomic E-state index is -2.39. The van der Waals surface area contributed by atoms with Gasteiger partial charge >= 0.3 is 0 Å². The molecular weight excluding hydrogens is 132 g/mol. The van der Waals surface area contributed by atoms with Gasteiger partial charge in [-0.2, -0.15) is 0 Å². The van der Waals surface area contributed by atoms with E-state index in [1.165, 1.54) is 0 Å². The molecule has 6 heteroatoms. The zero-order valence-electron chi connectivity index (χ0n) is 2.50. The largest absolute Gasteiger partial charge is 0.760 e. The van der Waals surface area contributed by atoms with Crippen LogP contribution in [-0.4, -0.2) is 19.3 Å². The van der Waals surface area contributed by atoms with Crippen molar-refractivity contribution < 1.29 is 19.3 Å². The lowest BCUT2D eigenvalue weighted by atomic mass is 15.0. The minimum absolute atomic E-state index is 2.39. The van der Waals surface area contributed by atoms with Gasteiger partial charge in [-0.15, -0.1) is 0 Å². The highest BCUT2D eigenvalue weighted by molar-refractivity contribution is 8.03. The van der Waals surface area contributed by atoms with Gasteiger partial charge in [0.1, 0.15) is 0 Å². The first-order valence-corrected chi connectivity index (χ1v) is 2.59. The third kappa shape index (κ3) is 465. The van der Waals surface area contributed by atoms with Crippen molar-refractivity contribution in [2.75, 3.05) is 0 Å². The standard InChI is InChI=1S/ClHO2S.H2O2/c1-4(2)3;1-2/h(H,2,3);1-2H/p-1. The highest BCUT2D eigenvalue weighted by Gasteiger charge is 1.46. The number of hydrogen-bond acceptors (Lipinski definition) is 4. The van der Waals surface area contributed by atoms with Gasteiger partial charge in [0.05, 0.1) is 0 Å². The van der Waals surface area contributed by atoms with E-state index in [-0.39, 0.29) is 0 Å². The number of halogens is 1. The summed E-state index contributed by atoms with van der Waals surface area (Å²) in [7, 11) is 1.80. The molecule has 0 saturated heterocycles. The Labute approximate surface area is 41.1 Å². The molecule has 40 valence electrons. The van der Waals surface area contributed by atoms with Crippen molar-refractivity contribution in [1.82, 2.24) is 0 Å². The second-order valence-electron chi connectivity index (χ2n) is 0.194. The summed E-state index contributed by atoms with van der Waals surface area (Å²) in [5.41, 5.74) is 0. The zero-order chi connectivity index (χ0) is 5.58. The fourth-order valence-electron chi connectivity index (χ4n) is 0. The second kappa shape index (κ2) is 9.01. The van der Waals surface area contributed by atoms with E-state index in [0.29, 0.717) is 0 Å². The highest BCUT2D eigenvalue weighted by Crippen LogP contribution is 1.71. The molecule has 0 aliphatic heterocycles. The summed E-state index contributed by atoms with van der Waals surface area (Å²) in [5.74, 6) is 0. The predicted octanol–water partition coefficient (Wildman–Crippen LogP) is 0.0367. The van der Waals surface area contributed by atoms with Gasteiger partial charge in [0, 0.05) is 10.3 Å². The molecule has 2 N–H and O–H groups in total. The molecule has 0 aromatic carbocycles. The lowest BCUT2D eigenvalue weighted by Crippen LogP contribution is -1.61. The van der Waals surface area contributed by atoms with Gasteiger partial charge in [-0.25, -0.2) is 0 Å². The minimum Gasteiger partial charge on any atom is -0.760 e. The molecule has 0 heterocycles. The molecule has 0 amide bonds. The van der Waals surface area contributed by atoms with Crippen molar-refractivity contribution in [3.63, 3.8) is 0 Å². The van der Waals surface area contributed by atoms with Crippen LogP contribution in [-0.2, 0) is 10.3 Å². The molecule has 0 saturated carbocycles. The first-order valence-electron chi connectivity index (χ1n) is 0.688. The van der Waals surface area contributed by atoms with Crippen LogP contribution in [0.3, 0.4) is 0 Å². The zero-order valence-corrected chi connectivity index (χ0v) is 4.07. The Morgan fingerprint density at radius 2 is 1.67 bits per heavy atom. The van der Waals surface area contributed by atoms with Gasteiger partial charge in [-0.1, -0.05) is 0 Å². The Bertz CT molecular complexity index is 30.5. The summed E-state index contributed by atoms with van der Waals surface area (Å²) in [6.07, 6.45) is 0. The third-order valence-corrected chi connectivity index (χ3v) is 0. The predicted molar refractivity (Wildman–Crippen MR) is 20.0 cm³/mol. The van der Waals surface area contributed by atoms with Crippen LogP contribution in [0.15, 0.2) is 0 Å². The fraction of sp³-hybridized carbons (Fsp3) is 0. The topological polar surface area (TPSA) is 80.6 Å². The first kappa shape index (κ1) is 9.58. The van der Waals surface area contributed by atoms with Crippen molar-refractivity contribution in [1.29, 1.82) is 0 Å². The summed E-state index contributed by atoms with van der Waals surface area (Å²) in [6.45, 7) is 0. The van der Waals surface area contributed by atoms with E-state index in [1.807, 2.05) is 0 Å². The van der Waals surface area contributed by atoms with Crippen molar-refractivity contribution in [3.8, 4) is 0 Å². The second-order valence-corrected chi connectivity index (χ2v) is 1.34. The first-order chi connectivity index (χ1) is 2.73. The summed E-state index contributed by atoms with van der Waals surface area (Å²) < 4.78 is 17.5. The van der Waals surface area contributed by atoms with E-state index in [4.69, 9.17) is 19.3 Å². The van der Waals surface area contributed by atoms with Crippen LogP contribution in [0.1, 0.15) is 0 Å². The van der Waals surface area contributed by atoms with E-state index in [2.05, 4.69) is 10.7 Å². The average molecular weight is 134 g/mol. The van der Waals surface area contributed by atoms with Gasteiger partial charge in [0.25, 0.3) is 0 Å². The molecule has 1 atom stereocenters. The van der Waals surface area contributed by atoms with Gasteiger partial charge in [-0.05, 0) is 10.7 Å². The summed E-state index contributed by atoms with van der Waals surface area (Å²) in [5, 5.41) is 12.0. The third-order valence-electron chi connectivity index (χ3n) is 0. The van der Waals surface area contributed by atoms with E-state index in [0.717, 1.165) is 0 Å². The van der Waals surface area contributed by atoms with Gasteiger partial charge < -0.3 is 4.55 Å². The van der Waals surface area contributed by atoms with E-state index in [1.54, 1.807) is 0 Å². The smallest absolute Gasteiger partial charge is 0.0422 e. The van der Waals surface area contributed by atoms with Crippen LogP contribution in [0, 0.1) is 0 Å². The maximum Gasteiger partial charge on any atom is 0.0422 e. The van der Waals surface area contributed by atoms with Crippen molar-refractivity contribution in [3.05, 3.63) is 0 Å². The molecule has 4 nitrogen and oxygen atoms in total. The molecule has 0 aromatic heterocycles. The van der Waals surface area contributed by atoms with E-state index in [9.17, 15) is 0 Å². The van der Waals surface area contributed by atoms with Gasteiger partial charge in [0.2, 0.25) is 0 Å². The molecular formula is H2ClO4S-. The maximum absolute atomic E-state index is 8.77. The molecule has 0 aliphatic carbocycles. The molecule has 0 fully saturated rings. The van der Waals surface area contributed by atoms with Crippen molar-refractivity contribution in [2.24, 2.45) is 0 Å². The Hall–Kier alpha value is 0.320. The van der Waals surface area contributed by atoms with Crippen molar-refractivity contribution >= 4 is 21.0 Å². The highest BCUT2D eigenvalue weighted by atomic mass is 35.7. The summed E-state index contributed by atoms with van der Waals surface area (Å²) in [6, 6.07) is 0. The fourth-order valence-corrected chi connectivity index (χ4v) is 0. The van der Waals surface area contributed by atoms with Gasteiger partial charge in [0.15, 0.2) is 0 Å². The van der Waals surface area contributed by atoms with Gasteiger partial charge in [-0.3, -0.25) is 14.7 Å². The van der Waals surface area contributed by atoms with Crippen LogP contribution >= 0.6 is 10.7 Å². The number of rotatable bonds is 0.